The highest BCUT2D eigenvalue weighted by Gasteiger charge is 2.37. The number of likely N-dealkylation sites (tertiary alicyclic amines) is 1. The second-order valence-corrected chi connectivity index (χ2v) is 6.22. The first-order valence-electron chi connectivity index (χ1n) is 6.48. The van der Waals surface area contributed by atoms with E-state index in [1.807, 2.05) is 0 Å². The van der Waals surface area contributed by atoms with E-state index < -0.39 is 0 Å². The fourth-order valence-electron chi connectivity index (χ4n) is 1.94. The van der Waals surface area contributed by atoms with Crippen molar-refractivity contribution < 1.29 is 4.79 Å². The van der Waals surface area contributed by atoms with Crippen LogP contribution in [0.15, 0.2) is 0 Å². The smallest absolute Gasteiger partial charge is 0.225 e. The zero-order valence-electron chi connectivity index (χ0n) is 11.9. The second-order valence-electron chi connectivity index (χ2n) is 6.22. The van der Waals surface area contributed by atoms with Gasteiger partial charge in [-0.15, -0.1) is 0 Å². The molecule has 0 bridgehead atoms. The molecule has 4 heteroatoms. The van der Waals surface area contributed by atoms with Gasteiger partial charge < -0.3 is 10.2 Å². The maximum atomic E-state index is 11.8. The van der Waals surface area contributed by atoms with E-state index in [0.29, 0.717) is 0 Å². The third-order valence-corrected chi connectivity index (χ3v) is 3.28. The summed E-state index contributed by atoms with van der Waals surface area (Å²) in [5.41, 5.74) is 0.196. The number of rotatable bonds is 5. The van der Waals surface area contributed by atoms with E-state index in [9.17, 15) is 4.79 Å². The van der Waals surface area contributed by atoms with E-state index in [1.54, 1.807) is 0 Å². The zero-order chi connectivity index (χ0) is 13.1. The van der Waals surface area contributed by atoms with Crippen molar-refractivity contribution in [1.82, 2.24) is 15.1 Å². The molecule has 1 saturated heterocycles. The average Bonchev–Trinajstić information content (AvgIpc) is 2.07. The molecule has 1 aliphatic rings. The lowest BCUT2D eigenvalue weighted by Crippen LogP contribution is -2.60. The summed E-state index contributed by atoms with van der Waals surface area (Å²) in [7, 11) is 4.10. The molecule has 1 amide bonds. The van der Waals surface area contributed by atoms with Gasteiger partial charge in [0.2, 0.25) is 5.91 Å². The summed E-state index contributed by atoms with van der Waals surface area (Å²) in [5.74, 6) is 0.429. The molecule has 0 atom stereocenters. The van der Waals surface area contributed by atoms with Crippen molar-refractivity contribution in [1.29, 1.82) is 0 Å². The van der Waals surface area contributed by atoms with Crippen molar-refractivity contribution in [3.63, 3.8) is 0 Å². The van der Waals surface area contributed by atoms with Crippen LogP contribution in [0.4, 0.5) is 0 Å². The second kappa shape index (κ2) is 5.83. The summed E-state index contributed by atoms with van der Waals surface area (Å²) in [5, 5.41) is 3.02. The minimum atomic E-state index is 0.196. The average molecular weight is 241 g/mol. The number of carbonyl (C=O) groups excluding carboxylic acids is 1. The van der Waals surface area contributed by atoms with E-state index in [4.69, 9.17) is 0 Å². The number of hydrogen-bond acceptors (Lipinski definition) is 3. The maximum Gasteiger partial charge on any atom is 0.225 e. The van der Waals surface area contributed by atoms with Crippen molar-refractivity contribution in [2.45, 2.75) is 32.7 Å². The first-order valence-corrected chi connectivity index (χ1v) is 6.48. The van der Waals surface area contributed by atoms with Crippen LogP contribution in [0.5, 0.6) is 0 Å². The van der Waals surface area contributed by atoms with Gasteiger partial charge in [-0.05, 0) is 47.8 Å². The molecule has 1 aliphatic heterocycles. The van der Waals surface area contributed by atoms with E-state index in [-0.39, 0.29) is 17.4 Å². The predicted octanol–water partition coefficient (Wildman–Crippen LogP) is 0.785. The number of nitrogens with one attached hydrogen (secondary N) is 1. The van der Waals surface area contributed by atoms with Crippen LogP contribution in [0.2, 0.25) is 0 Å². The van der Waals surface area contributed by atoms with Gasteiger partial charge in [0.15, 0.2) is 0 Å². The normalized spacial score (nSPS) is 18.2. The number of hydrogen-bond donors (Lipinski definition) is 1. The van der Waals surface area contributed by atoms with E-state index in [2.05, 4.69) is 50.0 Å². The molecule has 0 radical (unpaired) electrons. The summed E-state index contributed by atoms with van der Waals surface area (Å²) < 4.78 is 0. The SMILES string of the molecule is CN(C)CCCNC(=O)C1CN(C(C)(C)C)C1. The highest BCUT2D eigenvalue weighted by Crippen LogP contribution is 2.25. The van der Waals surface area contributed by atoms with Crippen LogP contribution >= 0.6 is 0 Å². The lowest BCUT2D eigenvalue weighted by atomic mass is 9.92. The van der Waals surface area contributed by atoms with Crippen LogP contribution in [-0.2, 0) is 4.79 Å². The van der Waals surface area contributed by atoms with Gasteiger partial charge in [0, 0.05) is 25.2 Å². The van der Waals surface area contributed by atoms with Crippen LogP contribution in [0.25, 0.3) is 0 Å². The standard InChI is InChI=1S/C13H27N3O/c1-13(2,3)16-9-11(10-16)12(17)14-7-6-8-15(4)5/h11H,6-10H2,1-5H3,(H,14,17). The molecular weight excluding hydrogens is 214 g/mol. The first kappa shape index (κ1) is 14.5. The van der Waals surface area contributed by atoms with Gasteiger partial charge in [-0.3, -0.25) is 9.69 Å². The summed E-state index contributed by atoms with van der Waals surface area (Å²) in [4.78, 5) is 16.3. The third kappa shape index (κ3) is 4.64. The van der Waals surface area contributed by atoms with Crippen molar-refractivity contribution in [3.8, 4) is 0 Å². The zero-order valence-corrected chi connectivity index (χ0v) is 11.9. The Morgan fingerprint density at radius 1 is 1.35 bits per heavy atom. The highest BCUT2D eigenvalue weighted by atomic mass is 16.2. The van der Waals surface area contributed by atoms with E-state index in [0.717, 1.165) is 32.6 Å². The molecule has 17 heavy (non-hydrogen) atoms. The molecule has 0 aromatic carbocycles. The van der Waals surface area contributed by atoms with Gasteiger partial charge >= 0.3 is 0 Å². The van der Waals surface area contributed by atoms with Crippen LogP contribution in [0.3, 0.4) is 0 Å². The summed E-state index contributed by atoms with van der Waals surface area (Å²) in [6.45, 7) is 10.2. The predicted molar refractivity (Wildman–Crippen MR) is 71.0 cm³/mol. The van der Waals surface area contributed by atoms with Gasteiger partial charge in [-0.1, -0.05) is 0 Å². The minimum absolute atomic E-state index is 0.196. The molecule has 0 spiro atoms. The Morgan fingerprint density at radius 3 is 2.41 bits per heavy atom. The summed E-state index contributed by atoms with van der Waals surface area (Å²) in [6.07, 6.45) is 1.02. The molecule has 100 valence electrons. The quantitative estimate of drug-likeness (QED) is 0.723. The monoisotopic (exact) mass is 241 g/mol. The lowest BCUT2D eigenvalue weighted by Gasteiger charge is -2.46. The Bertz CT molecular complexity index is 252. The Hall–Kier alpha value is -0.610. The Labute approximate surface area is 105 Å². The minimum Gasteiger partial charge on any atom is -0.356 e. The summed E-state index contributed by atoms with van der Waals surface area (Å²) >= 11 is 0. The third-order valence-electron chi connectivity index (χ3n) is 3.28. The Balaban J connectivity index is 2.11. The molecule has 0 aromatic heterocycles. The molecule has 0 aromatic rings. The van der Waals surface area contributed by atoms with Crippen LogP contribution in [-0.4, -0.2) is 61.5 Å². The fourth-order valence-corrected chi connectivity index (χ4v) is 1.94. The van der Waals surface area contributed by atoms with Crippen molar-refractivity contribution in [3.05, 3.63) is 0 Å². The van der Waals surface area contributed by atoms with Crippen LogP contribution in [0.1, 0.15) is 27.2 Å². The van der Waals surface area contributed by atoms with Gasteiger partial charge in [0.05, 0.1) is 5.92 Å². The molecule has 1 fully saturated rings. The maximum absolute atomic E-state index is 11.8. The fraction of sp³-hybridized carbons (Fsp3) is 0.923. The topological polar surface area (TPSA) is 35.6 Å². The molecule has 4 nitrogen and oxygen atoms in total. The molecule has 0 saturated carbocycles. The van der Waals surface area contributed by atoms with Gasteiger partial charge in [0.25, 0.3) is 0 Å². The van der Waals surface area contributed by atoms with Crippen molar-refractivity contribution in [2.75, 3.05) is 40.3 Å². The Morgan fingerprint density at radius 2 is 1.94 bits per heavy atom. The largest absolute Gasteiger partial charge is 0.356 e. The molecule has 0 unspecified atom stereocenters. The Kier molecular flexibility index (Phi) is 4.95. The van der Waals surface area contributed by atoms with E-state index in [1.165, 1.54) is 0 Å². The molecule has 1 N–H and O–H groups in total. The number of carbonyl (C=O) groups is 1. The highest BCUT2D eigenvalue weighted by molar-refractivity contribution is 5.80. The summed E-state index contributed by atoms with van der Waals surface area (Å²) in [6, 6.07) is 0. The first-order chi connectivity index (χ1) is 7.80. The number of amides is 1. The van der Waals surface area contributed by atoms with Gasteiger partial charge in [-0.2, -0.15) is 0 Å². The molecule has 1 heterocycles. The van der Waals surface area contributed by atoms with Gasteiger partial charge in [0.1, 0.15) is 0 Å². The van der Waals surface area contributed by atoms with Crippen LogP contribution in [0, 0.1) is 5.92 Å². The molecule has 1 rings (SSSR count). The van der Waals surface area contributed by atoms with Crippen molar-refractivity contribution in [2.24, 2.45) is 5.92 Å². The molecular formula is C13H27N3O. The number of nitrogens with zero attached hydrogens (tertiary/aromatic N) is 2. The van der Waals surface area contributed by atoms with Crippen molar-refractivity contribution >= 4 is 5.91 Å². The lowest BCUT2D eigenvalue weighted by molar-refractivity contribution is -0.132. The molecule has 0 aliphatic carbocycles. The van der Waals surface area contributed by atoms with Crippen LogP contribution < -0.4 is 5.32 Å². The van der Waals surface area contributed by atoms with Gasteiger partial charge in [-0.25, -0.2) is 0 Å². The van der Waals surface area contributed by atoms with E-state index >= 15 is 0 Å².